The lowest BCUT2D eigenvalue weighted by Crippen LogP contribution is -2.29. The summed E-state index contributed by atoms with van der Waals surface area (Å²) in [5.74, 6) is -1.16. The van der Waals surface area contributed by atoms with Crippen LogP contribution < -0.4 is 0 Å². The van der Waals surface area contributed by atoms with E-state index in [0.29, 0.717) is 32.1 Å². The molecule has 346 valence electrons. The van der Waals surface area contributed by atoms with E-state index in [4.69, 9.17) is 23.8 Å². The van der Waals surface area contributed by atoms with Gasteiger partial charge in [0.05, 0.1) is 25.9 Å². The molecule has 0 amide bonds. The molecule has 0 spiro atoms. The maximum absolute atomic E-state index is 12.6. The Hall–Kier alpha value is -2.48. The minimum absolute atomic E-state index is 0.0168. The number of ether oxygens (including phenoxy) is 2. The average molecular weight is 891 g/mol. The topological polar surface area (TPSA) is 216 Å². The van der Waals surface area contributed by atoms with E-state index in [1.807, 2.05) is 36.5 Å². The molecule has 0 saturated heterocycles. The molecule has 0 saturated carbocycles. The predicted molar refractivity (Wildman–Crippen MR) is 236 cm³/mol. The summed E-state index contributed by atoms with van der Waals surface area (Å²) in [6, 6.07) is 0. The predicted octanol–water partition coefficient (Wildman–Crippen LogP) is 9.98. The average Bonchev–Trinajstić information content (AvgIpc) is 3.20. The number of unbranched alkanes of at least 4 members (excludes halogenated alkanes) is 13. The second kappa shape index (κ2) is 39.4. The maximum Gasteiger partial charge on any atom is 0.472 e. The summed E-state index contributed by atoms with van der Waals surface area (Å²) in [5.41, 5.74) is 0. The first-order valence-corrected chi connectivity index (χ1v) is 24.8. The molecule has 0 heterocycles. The van der Waals surface area contributed by atoms with Gasteiger partial charge >= 0.3 is 27.6 Å². The smallest absolute Gasteiger partial charge is 0.462 e. The molecule has 0 aromatic carbocycles. The van der Waals surface area contributed by atoms with Crippen LogP contribution in [0.5, 0.6) is 0 Å². The van der Waals surface area contributed by atoms with Gasteiger partial charge in [0.15, 0.2) is 6.10 Å². The first kappa shape index (κ1) is 57.5. The summed E-state index contributed by atoms with van der Waals surface area (Å²) in [7, 11) is -9.72. The highest BCUT2D eigenvalue weighted by molar-refractivity contribution is 7.47. The van der Waals surface area contributed by atoms with Gasteiger partial charge in [-0.15, -0.1) is 0 Å². The first-order valence-electron chi connectivity index (χ1n) is 21.8. The van der Waals surface area contributed by atoms with Crippen molar-refractivity contribution < 1.29 is 66.7 Å². The molecule has 0 bridgehead atoms. The zero-order valence-corrected chi connectivity index (χ0v) is 37.9. The second-order valence-electron chi connectivity index (χ2n) is 14.5. The summed E-state index contributed by atoms with van der Waals surface area (Å²) < 4.78 is 47.6. The summed E-state index contributed by atoms with van der Waals surface area (Å²) in [4.78, 5) is 52.6. The molecule has 0 aliphatic carbocycles. The van der Waals surface area contributed by atoms with Crippen LogP contribution in [-0.4, -0.2) is 81.6 Å². The van der Waals surface area contributed by atoms with Gasteiger partial charge in [-0.1, -0.05) is 138 Å². The molecule has 5 N–H and O–H groups in total. The minimum Gasteiger partial charge on any atom is -0.462 e. The van der Waals surface area contributed by atoms with E-state index in [-0.39, 0.29) is 12.8 Å². The van der Waals surface area contributed by atoms with Crippen molar-refractivity contribution >= 4 is 27.6 Å². The van der Waals surface area contributed by atoms with Gasteiger partial charge in [0.1, 0.15) is 12.7 Å². The van der Waals surface area contributed by atoms with Crippen LogP contribution in [0, 0.1) is 0 Å². The fourth-order valence-corrected chi connectivity index (χ4v) is 6.45. The molecule has 0 aliphatic heterocycles. The minimum atomic E-state index is -4.88. The molecule has 0 aliphatic rings. The Labute approximate surface area is 359 Å². The van der Waals surface area contributed by atoms with Gasteiger partial charge in [0, 0.05) is 12.8 Å². The summed E-state index contributed by atoms with van der Waals surface area (Å²) in [6.07, 6.45) is 39.2. The lowest BCUT2D eigenvalue weighted by molar-refractivity contribution is -0.161. The van der Waals surface area contributed by atoms with Crippen molar-refractivity contribution in [2.45, 2.75) is 167 Å². The third kappa shape index (κ3) is 42.2. The molecule has 60 heavy (non-hydrogen) atoms. The Balaban J connectivity index is 4.72. The molecule has 0 radical (unpaired) electrons. The number of phosphoric ester groups is 2. The first-order chi connectivity index (χ1) is 28.8. The van der Waals surface area contributed by atoms with Crippen LogP contribution >= 0.6 is 15.6 Å². The molecule has 14 nitrogen and oxygen atoms in total. The largest absolute Gasteiger partial charge is 0.472 e. The highest BCUT2D eigenvalue weighted by atomic mass is 31.2. The Morgan fingerprint density at radius 1 is 0.550 bits per heavy atom. The number of aliphatic hydroxyl groups is 2. The van der Waals surface area contributed by atoms with Crippen LogP contribution in [0.1, 0.15) is 149 Å². The van der Waals surface area contributed by atoms with Crippen molar-refractivity contribution in [2.75, 3.05) is 26.4 Å². The molecule has 0 rings (SSSR count). The molecule has 4 atom stereocenters. The van der Waals surface area contributed by atoms with E-state index >= 15 is 0 Å². The van der Waals surface area contributed by atoms with E-state index in [2.05, 4.69) is 53.3 Å². The van der Waals surface area contributed by atoms with Crippen molar-refractivity contribution in [3.05, 3.63) is 72.9 Å². The number of esters is 2. The van der Waals surface area contributed by atoms with Gasteiger partial charge in [-0.25, -0.2) is 9.13 Å². The second-order valence-corrected chi connectivity index (χ2v) is 17.2. The lowest BCUT2D eigenvalue weighted by Gasteiger charge is -2.20. The van der Waals surface area contributed by atoms with Crippen LogP contribution in [0.15, 0.2) is 72.9 Å². The van der Waals surface area contributed by atoms with Gasteiger partial charge in [-0.3, -0.25) is 23.2 Å². The third-order valence-corrected chi connectivity index (χ3v) is 10.1. The number of hydrogen-bond acceptors (Lipinski definition) is 11. The highest BCUT2D eigenvalue weighted by Crippen LogP contribution is 2.43. The highest BCUT2D eigenvalue weighted by Gasteiger charge is 2.28. The van der Waals surface area contributed by atoms with Gasteiger partial charge in [-0.2, -0.15) is 0 Å². The Morgan fingerprint density at radius 2 is 1.08 bits per heavy atom. The lowest BCUT2D eigenvalue weighted by atomic mass is 10.1. The normalized spacial score (nSPS) is 15.2. The maximum atomic E-state index is 12.6. The molecular formula is C44H76O14P2. The van der Waals surface area contributed by atoms with Crippen molar-refractivity contribution in [2.24, 2.45) is 0 Å². The zero-order valence-electron chi connectivity index (χ0n) is 36.1. The third-order valence-electron chi connectivity index (χ3n) is 8.67. The fraction of sp³-hybridized carbons (Fsp3) is 0.682. The number of phosphoric acid groups is 2. The fourth-order valence-electron chi connectivity index (χ4n) is 5.30. The number of rotatable bonds is 40. The van der Waals surface area contributed by atoms with Gasteiger partial charge in [0.25, 0.3) is 0 Å². The van der Waals surface area contributed by atoms with E-state index < -0.39 is 72.3 Å². The van der Waals surface area contributed by atoms with Gasteiger partial charge in [0.2, 0.25) is 0 Å². The Kier molecular flexibility index (Phi) is 37.7. The van der Waals surface area contributed by atoms with Gasteiger partial charge < -0.3 is 34.4 Å². The molecule has 0 fully saturated rings. The van der Waals surface area contributed by atoms with E-state index in [1.54, 1.807) is 6.08 Å². The van der Waals surface area contributed by atoms with Crippen molar-refractivity contribution in [1.82, 2.24) is 0 Å². The van der Waals surface area contributed by atoms with E-state index in [9.17, 15) is 33.8 Å². The van der Waals surface area contributed by atoms with Crippen molar-refractivity contribution in [3.8, 4) is 0 Å². The number of allylic oxidation sites excluding steroid dienone is 10. The number of carbonyl (C=O) groups excluding carboxylic acids is 2. The SMILES string of the molecule is CCCCC/C=C\C[C@H](O)/C=C/C=C\C/C=C\CCCC(=O)O[C@H](COC(=O)CCCCCCC/C=C\C=C/CCCCCC)COP(=O)(O)OC[C@@H](O)COP(=O)(O)O. The monoisotopic (exact) mass is 890 g/mol. The Morgan fingerprint density at radius 3 is 1.78 bits per heavy atom. The molecule has 0 aromatic rings. The van der Waals surface area contributed by atoms with Crippen molar-refractivity contribution in [1.29, 1.82) is 0 Å². The van der Waals surface area contributed by atoms with Crippen LogP contribution in [0.25, 0.3) is 0 Å². The summed E-state index contributed by atoms with van der Waals surface area (Å²) in [5, 5.41) is 19.8. The summed E-state index contributed by atoms with van der Waals surface area (Å²) in [6.45, 7) is 1.53. The molecule has 16 heteroatoms. The van der Waals surface area contributed by atoms with Crippen LogP contribution in [0.2, 0.25) is 0 Å². The zero-order chi connectivity index (χ0) is 44.6. The standard InChI is InChI=1S/C44H76O14P2/c1-3-5-7-9-11-12-13-14-15-16-17-18-22-26-30-34-43(47)54-38-42(39-57-60(52,53)56-37-41(46)36-55-59(49,50)51)58-44(48)35-31-27-23-20-19-21-25-29-33-40(45)32-28-24-10-8-6-4-2/h12-15,20-21,23-25,28-29,33,40-42,45-46H,3-11,16-19,22,26-27,30-32,34-39H2,1-2H3,(H,52,53)(H2,49,50,51)/b13-12-,15-14-,23-20-,25-21-,28-24-,33-29+/t40-,41-,42+/m0/s1. The number of carbonyl (C=O) groups is 2. The van der Waals surface area contributed by atoms with Gasteiger partial charge in [-0.05, 0) is 70.6 Å². The molecule has 1 unspecified atom stereocenters. The Bertz CT molecular complexity index is 1350. The number of aliphatic hydroxyl groups excluding tert-OH is 2. The molecule has 0 aromatic heterocycles. The summed E-state index contributed by atoms with van der Waals surface area (Å²) >= 11 is 0. The van der Waals surface area contributed by atoms with E-state index in [0.717, 1.165) is 44.9 Å². The quantitative estimate of drug-likeness (QED) is 0.0127. The van der Waals surface area contributed by atoms with Crippen LogP contribution in [-0.2, 0) is 41.8 Å². The molecular weight excluding hydrogens is 814 g/mol. The van der Waals surface area contributed by atoms with E-state index in [1.165, 1.54) is 44.9 Å². The van der Waals surface area contributed by atoms with Crippen LogP contribution in [0.3, 0.4) is 0 Å². The van der Waals surface area contributed by atoms with Crippen LogP contribution in [0.4, 0.5) is 0 Å². The number of hydrogen-bond donors (Lipinski definition) is 5. The van der Waals surface area contributed by atoms with Crippen molar-refractivity contribution in [3.63, 3.8) is 0 Å².